The Morgan fingerprint density at radius 3 is 2.74 bits per heavy atom. The van der Waals surface area contributed by atoms with Gasteiger partial charge in [0.2, 0.25) is 0 Å². The molecule has 0 aromatic rings. The van der Waals surface area contributed by atoms with Gasteiger partial charge in [0.05, 0.1) is 6.04 Å². The lowest BCUT2D eigenvalue weighted by Crippen LogP contribution is -2.52. The molecule has 0 spiro atoms. The van der Waals surface area contributed by atoms with Gasteiger partial charge in [-0.1, -0.05) is 0 Å². The van der Waals surface area contributed by atoms with Crippen LogP contribution in [0.15, 0.2) is 4.99 Å². The van der Waals surface area contributed by atoms with Gasteiger partial charge in [-0.05, 0) is 19.1 Å². The number of hydrogen-bond acceptors (Lipinski definition) is 8. The number of carboxylic acid groups (broad SMARTS) is 1. The Balaban J connectivity index is 1.80. The highest BCUT2D eigenvalue weighted by molar-refractivity contribution is 7.80. The minimum absolute atomic E-state index is 0.0126. The molecule has 0 aliphatic carbocycles. The molecular weight excluding hydrogens is 332 g/mol. The summed E-state index contributed by atoms with van der Waals surface area (Å²) >= 11 is 4.89. The van der Waals surface area contributed by atoms with Gasteiger partial charge in [0.15, 0.2) is 11.2 Å². The summed E-state index contributed by atoms with van der Waals surface area (Å²) < 4.78 is 18.8. The molecule has 0 amide bonds. The molecule has 3 atom stereocenters. The topological polar surface area (TPSA) is 133 Å². The minimum Gasteiger partial charge on any atom is -0.481 e. The molecule has 2 heterocycles. The number of carbonyl (C=O) groups excluding carboxylic acids is 2. The van der Waals surface area contributed by atoms with Crippen molar-refractivity contribution in [3.8, 4) is 0 Å². The smallest absolute Gasteiger partial charge is 0.481 e. The van der Waals surface area contributed by atoms with Crippen molar-refractivity contribution >= 4 is 41.3 Å². The Labute approximate surface area is 135 Å². The second kappa shape index (κ2) is 7.22. The van der Waals surface area contributed by atoms with Gasteiger partial charge < -0.3 is 29.4 Å². The number of cyclic esters (lactones) is 2. The van der Waals surface area contributed by atoms with Gasteiger partial charge in [-0.3, -0.25) is 4.79 Å². The van der Waals surface area contributed by atoms with Crippen molar-refractivity contribution in [2.75, 3.05) is 19.8 Å². The molecule has 3 unspecified atom stereocenters. The monoisotopic (exact) mass is 346 g/mol. The lowest BCUT2D eigenvalue weighted by Gasteiger charge is -2.28. The predicted molar refractivity (Wildman–Crippen MR) is 77.3 cm³/mol. The zero-order chi connectivity index (χ0) is 17.0. The van der Waals surface area contributed by atoms with Crippen LogP contribution in [-0.2, 0) is 23.7 Å². The summed E-state index contributed by atoms with van der Waals surface area (Å²) in [4.78, 5) is 37.3. The first-order valence-corrected chi connectivity index (χ1v) is 6.99. The molecule has 11 heteroatoms. The number of carbonyl (C=O) groups is 3. The van der Waals surface area contributed by atoms with Crippen LogP contribution < -0.4 is 5.32 Å². The average molecular weight is 346 g/mol. The maximum absolute atomic E-state index is 11.5. The SMILES string of the molecule is CC1=NC(=S)NC(COC(=O)OCC2COC(=O)O2)C1C(=O)O. The quantitative estimate of drug-likeness (QED) is 0.521. The lowest BCUT2D eigenvalue weighted by atomic mass is 9.94. The largest absolute Gasteiger partial charge is 0.508 e. The fourth-order valence-corrected chi connectivity index (χ4v) is 2.39. The molecule has 2 aliphatic heterocycles. The Morgan fingerprint density at radius 2 is 2.13 bits per heavy atom. The summed E-state index contributed by atoms with van der Waals surface area (Å²) in [5.41, 5.74) is 0.318. The maximum Gasteiger partial charge on any atom is 0.508 e. The molecule has 2 rings (SSSR count). The minimum atomic E-state index is -1.11. The van der Waals surface area contributed by atoms with Crippen LogP contribution in [0.4, 0.5) is 9.59 Å². The van der Waals surface area contributed by atoms with Crippen LogP contribution in [0.2, 0.25) is 0 Å². The standard InChI is InChI=1S/C12H14N2O8S/c1-5-8(9(15)16)7(14-10(23)13-5)4-21-11(17)19-2-6-3-20-12(18)22-6/h6-8H,2-4H2,1H3,(H,14,23)(H,15,16). The molecule has 2 aliphatic rings. The molecule has 1 saturated heterocycles. The normalized spacial score (nSPS) is 26.5. The molecule has 0 aromatic carbocycles. The zero-order valence-electron chi connectivity index (χ0n) is 12.0. The number of hydrogen-bond donors (Lipinski definition) is 2. The number of aliphatic carboxylic acids is 1. The van der Waals surface area contributed by atoms with E-state index in [1.165, 1.54) is 6.92 Å². The highest BCUT2D eigenvalue weighted by atomic mass is 32.1. The van der Waals surface area contributed by atoms with Crippen molar-refractivity contribution in [2.45, 2.75) is 19.1 Å². The van der Waals surface area contributed by atoms with Crippen LogP contribution in [-0.4, -0.2) is 66.2 Å². The third kappa shape index (κ3) is 4.52. The number of carboxylic acids is 1. The van der Waals surface area contributed by atoms with E-state index in [0.717, 1.165) is 0 Å². The van der Waals surface area contributed by atoms with Crippen molar-refractivity contribution in [2.24, 2.45) is 10.9 Å². The molecular formula is C12H14N2O8S. The molecule has 0 radical (unpaired) electrons. The Morgan fingerprint density at radius 1 is 1.43 bits per heavy atom. The first-order valence-electron chi connectivity index (χ1n) is 6.58. The fourth-order valence-electron chi connectivity index (χ4n) is 2.09. The second-order valence-corrected chi connectivity index (χ2v) is 5.18. The highest BCUT2D eigenvalue weighted by Crippen LogP contribution is 2.14. The van der Waals surface area contributed by atoms with Crippen LogP contribution in [0.1, 0.15) is 6.92 Å². The van der Waals surface area contributed by atoms with E-state index in [-0.39, 0.29) is 24.9 Å². The second-order valence-electron chi connectivity index (χ2n) is 4.80. The van der Waals surface area contributed by atoms with Crippen LogP contribution in [0.5, 0.6) is 0 Å². The molecule has 23 heavy (non-hydrogen) atoms. The average Bonchev–Trinajstić information content (AvgIpc) is 2.87. The van der Waals surface area contributed by atoms with Gasteiger partial charge in [0, 0.05) is 5.71 Å². The van der Waals surface area contributed by atoms with Crippen molar-refractivity contribution in [1.82, 2.24) is 5.32 Å². The first-order chi connectivity index (χ1) is 10.9. The maximum atomic E-state index is 11.5. The molecule has 126 valence electrons. The van der Waals surface area contributed by atoms with Crippen molar-refractivity contribution in [1.29, 1.82) is 0 Å². The molecule has 0 aromatic heterocycles. The summed E-state index contributed by atoms with van der Waals surface area (Å²) in [6.07, 6.45) is -2.53. The Bertz CT molecular complexity index is 563. The molecule has 2 N–H and O–H groups in total. The number of rotatable bonds is 5. The number of nitrogens with zero attached hydrogens (tertiary/aromatic N) is 1. The number of nitrogens with one attached hydrogen (secondary N) is 1. The lowest BCUT2D eigenvalue weighted by molar-refractivity contribution is -0.140. The van der Waals surface area contributed by atoms with Gasteiger partial charge in [-0.15, -0.1) is 0 Å². The van der Waals surface area contributed by atoms with E-state index < -0.39 is 36.3 Å². The van der Waals surface area contributed by atoms with Crippen molar-refractivity contribution in [3.05, 3.63) is 0 Å². The number of ether oxygens (including phenoxy) is 4. The summed E-state index contributed by atoms with van der Waals surface area (Å²) in [5, 5.41) is 12.0. The third-order valence-electron chi connectivity index (χ3n) is 3.12. The van der Waals surface area contributed by atoms with Gasteiger partial charge in [-0.25, -0.2) is 14.6 Å². The zero-order valence-corrected chi connectivity index (χ0v) is 12.8. The van der Waals surface area contributed by atoms with E-state index in [9.17, 15) is 19.5 Å². The van der Waals surface area contributed by atoms with Gasteiger partial charge in [0.1, 0.15) is 25.7 Å². The summed E-state index contributed by atoms with van der Waals surface area (Å²) in [7, 11) is 0. The van der Waals surface area contributed by atoms with Crippen LogP contribution in [0.3, 0.4) is 0 Å². The summed E-state index contributed by atoms with van der Waals surface area (Å²) in [5.74, 6) is -2.09. The molecule has 1 fully saturated rings. The van der Waals surface area contributed by atoms with Crippen molar-refractivity contribution in [3.63, 3.8) is 0 Å². The van der Waals surface area contributed by atoms with E-state index in [0.29, 0.717) is 5.71 Å². The summed E-state index contributed by atoms with van der Waals surface area (Å²) in [6.45, 7) is 1.03. The van der Waals surface area contributed by atoms with Gasteiger partial charge in [-0.2, -0.15) is 0 Å². The van der Waals surface area contributed by atoms with E-state index >= 15 is 0 Å². The fraction of sp³-hybridized carbons (Fsp3) is 0.583. The van der Waals surface area contributed by atoms with Crippen LogP contribution in [0, 0.1) is 5.92 Å². The highest BCUT2D eigenvalue weighted by Gasteiger charge is 2.35. The van der Waals surface area contributed by atoms with Crippen LogP contribution >= 0.6 is 12.2 Å². The van der Waals surface area contributed by atoms with Gasteiger partial charge >= 0.3 is 18.3 Å². The van der Waals surface area contributed by atoms with E-state index in [2.05, 4.69) is 19.8 Å². The van der Waals surface area contributed by atoms with Gasteiger partial charge in [0.25, 0.3) is 0 Å². The predicted octanol–water partition coefficient (Wildman–Crippen LogP) is 0.0934. The van der Waals surface area contributed by atoms with E-state index in [1.807, 2.05) is 0 Å². The summed E-state index contributed by atoms with van der Waals surface area (Å²) in [6, 6.07) is -0.752. The molecule has 10 nitrogen and oxygen atoms in total. The van der Waals surface area contributed by atoms with Crippen LogP contribution in [0.25, 0.3) is 0 Å². The third-order valence-corrected chi connectivity index (χ3v) is 3.33. The van der Waals surface area contributed by atoms with Crippen molar-refractivity contribution < 1.29 is 38.4 Å². The first kappa shape index (κ1) is 16.9. The van der Waals surface area contributed by atoms with E-state index in [1.54, 1.807) is 0 Å². The number of thiocarbonyl (C=S) groups is 1. The molecule has 0 bridgehead atoms. The number of aliphatic imine (C=N–C) groups is 1. The Hall–Kier alpha value is -2.43. The molecule has 0 saturated carbocycles. The Kier molecular flexibility index (Phi) is 5.32. The van der Waals surface area contributed by atoms with E-state index in [4.69, 9.17) is 21.7 Å².